The van der Waals surface area contributed by atoms with Crippen LogP contribution >= 0.6 is 12.4 Å². The Labute approximate surface area is 162 Å². The Hall–Kier alpha value is -1.11. The third-order valence-electron chi connectivity index (χ3n) is 5.60. The summed E-state index contributed by atoms with van der Waals surface area (Å²) < 4.78 is 26.0. The fraction of sp³-hybridized carbons (Fsp3) is 0.632. The van der Waals surface area contributed by atoms with Crippen molar-refractivity contribution in [1.29, 1.82) is 0 Å². The number of carbonyl (C=O) groups excluding carboxylic acids is 1. The molecule has 1 aliphatic carbocycles. The Morgan fingerprint density at radius 1 is 1.23 bits per heavy atom. The number of nitrogens with zero attached hydrogens (tertiary/aromatic N) is 1. The molecular formula is C19H29ClN2O3S. The fourth-order valence-electron chi connectivity index (χ4n) is 4.16. The molecular weight excluding hydrogens is 372 g/mol. The molecule has 1 unspecified atom stereocenters. The largest absolute Gasteiger partial charge is 0.338 e. The lowest BCUT2D eigenvalue weighted by molar-refractivity contribution is -0.135. The van der Waals surface area contributed by atoms with Gasteiger partial charge in [-0.3, -0.25) is 4.79 Å². The molecule has 5 nitrogen and oxygen atoms in total. The van der Waals surface area contributed by atoms with Crippen molar-refractivity contribution in [2.24, 2.45) is 0 Å². The van der Waals surface area contributed by atoms with Crippen LogP contribution in [0.2, 0.25) is 0 Å². The highest BCUT2D eigenvalue weighted by molar-refractivity contribution is 7.93. The first-order valence-electron chi connectivity index (χ1n) is 9.12. The summed E-state index contributed by atoms with van der Waals surface area (Å²) in [6.45, 7) is 7.59. The molecule has 3 rings (SSSR count). The van der Waals surface area contributed by atoms with Gasteiger partial charge >= 0.3 is 0 Å². The van der Waals surface area contributed by atoms with E-state index >= 15 is 0 Å². The topological polar surface area (TPSA) is 66.5 Å². The van der Waals surface area contributed by atoms with Crippen molar-refractivity contribution >= 4 is 28.2 Å². The Balaban J connectivity index is 0.00000243. The zero-order valence-electron chi connectivity index (χ0n) is 15.7. The van der Waals surface area contributed by atoms with Crippen molar-refractivity contribution in [2.45, 2.75) is 62.1 Å². The number of nitrogens with one attached hydrogen (secondary N) is 1. The molecule has 1 saturated carbocycles. The molecule has 1 amide bonds. The van der Waals surface area contributed by atoms with Gasteiger partial charge in [0.25, 0.3) is 0 Å². The first kappa shape index (κ1) is 21.2. The maximum atomic E-state index is 13.6. The molecule has 1 aromatic carbocycles. The Morgan fingerprint density at radius 2 is 1.88 bits per heavy atom. The van der Waals surface area contributed by atoms with Gasteiger partial charge in [0.15, 0.2) is 14.6 Å². The van der Waals surface area contributed by atoms with Crippen LogP contribution in [0.4, 0.5) is 0 Å². The molecule has 7 heteroatoms. The van der Waals surface area contributed by atoms with Crippen LogP contribution < -0.4 is 5.32 Å². The van der Waals surface area contributed by atoms with Crippen LogP contribution in [0.3, 0.4) is 0 Å². The van der Waals surface area contributed by atoms with E-state index in [0.29, 0.717) is 37.4 Å². The summed E-state index contributed by atoms with van der Waals surface area (Å²) in [6.07, 6.45) is 2.44. The third kappa shape index (κ3) is 3.51. The molecule has 1 heterocycles. The maximum Gasteiger partial charge on any atom is 0.244 e. The number of hydrogen-bond donors (Lipinski definition) is 1. The highest BCUT2D eigenvalue weighted by Gasteiger charge is 2.55. The summed E-state index contributed by atoms with van der Waals surface area (Å²) >= 11 is 0. The van der Waals surface area contributed by atoms with E-state index < -0.39 is 14.6 Å². The van der Waals surface area contributed by atoms with Gasteiger partial charge in [0.2, 0.25) is 5.91 Å². The lowest BCUT2D eigenvalue weighted by atomic mass is 10.0. The monoisotopic (exact) mass is 400 g/mol. The van der Waals surface area contributed by atoms with Crippen molar-refractivity contribution in [1.82, 2.24) is 10.2 Å². The molecule has 26 heavy (non-hydrogen) atoms. The van der Waals surface area contributed by atoms with E-state index in [1.807, 2.05) is 32.9 Å². The van der Waals surface area contributed by atoms with Crippen LogP contribution in [0, 0.1) is 13.8 Å². The van der Waals surface area contributed by atoms with Crippen LogP contribution in [-0.2, 0) is 14.6 Å². The van der Waals surface area contributed by atoms with Crippen molar-refractivity contribution in [3.05, 3.63) is 29.3 Å². The first-order valence-corrected chi connectivity index (χ1v) is 10.6. The molecule has 2 aliphatic rings. The van der Waals surface area contributed by atoms with Gasteiger partial charge in [0.05, 0.1) is 4.90 Å². The van der Waals surface area contributed by atoms with Crippen LogP contribution in [0.25, 0.3) is 0 Å². The number of halogens is 1. The summed E-state index contributed by atoms with van der Waals surface area (Å²) in [5, 5.41) is 3.31. The zero-order valence-corrected chi connectivity index (χ0v) is 17.4. The zero-order chi connectivity index (χ0) is 18.2. The Kier molecular flexibility index (Phi) is 6.41. The van der Waals surface area contributed by atoms with E-state index in [1.165, 1.54) is 0 Å². The minimum Gasteiger partial charge on any atom is -0.338 e. The van der Waals surface area contributed by atoms with Gasteiger partial charge in [-0.15, -0.1) is 12.4 Å². The molecule has 0 spiro atoms. The number of benzene rings is 1. The minimum absolute atomic E-state index is 0. The second-order valence-electron chi connectivity index (χ2n) is 7.58. The average Bonchev–Trinajstić information content (AvgIpc) is 3.08. The number of hydrogen-bond acceptors (Lipinski definition) is 4. The predicted molar refractivity (Wildman–Crippen MR) is 106 cm³/mol. The average molecular weight is 401 g/mol. The summed E-state index contributed by atoms with van der Waals surface area (Å²) in [6, 6.07) is 5.66. The quantitative estimate of drug-likeness (QED) is 0.846. The number of piperazine rings is 1. The molecule has 1 aliphatic heterocycles. The van der Waals surface area contributed by atoms with Gasteiger partial charge in [-0.25, -0.2) is 8.42 Å². The standard InChI is InChI=1S/C19H28N2O3S.ClH/c1-14-6-7-15(2)17(12-14)25(23,24)19(8-4-5-9-19)18(22)21-11-10-20-16(3)13-21;/h6-7,12,16,20H,4-5,8-11,13H2,1-3H3;1H. The Morgan fingerprint density at radius 3 is 2.50 bits per heavy atom. The molecule has 1 saturated heterocycles. The van der Waals surface area contributed by atoms with Gasteiger partial charge in [-0.1, -0.05) is 25.0 Å². The van der Waals surface area contributed by atoms with Crippen molar-refractivity contribution in [3.63, 3.8) is 0 Å². The molecule has 0 bridgehead atoms. The second-order valence-corrected chi connectivity index (χ2v) is 9.81. The molecule has 1 aromatic rings. The van der Waals surface area contributed by atoms with E-state index in [2.05, 4.69) is 5.32 Å². The van der Waals surface area contributed by atoms with Crippen molar-refractivity contribution in [2.75, 3.05) is 19.6 Å². The molecule has 0 radical (unpaired) electrons. The smallest absolute Gasteiger partial charge is 0.244 e. The molecule has 1 N–H and O–H groups in total. The highest BCUT2D eigenvalue weighted by atomic mass is 35.5. The van der Waals surface area contributed by atoms with Gasteiger partial charge in [0.1, 0.15) is 0 Å². The number of carbonyl (C=O) groups is 1. The maximum absolute atomic E-state index is 13.6. The van der Waals surface area contributed by atoms with E-state index in [1.54, 1.807) is 11.0 Å². The van der Waals surface area contributed by atoms with Gasteiger partial charge in [0, 0.05) is 25.7 Å². The van der Waals surface area contributed by atoms with Crippen LogP contribution in [0.1, 0.15) is 43.7 Å². The minimum atomic E-state index is -3.73. The fourth-order valence-corrected chi connectivity index (χ4v) is 6.59. The van der Waals surface area contributed by atoms with Crippen LogP contribution in [-0.4, -0.2) is 49.6 Å². The van der Waals surface area contributed by atoms with Gasteiger partial charge in [-0.2, -0.15) is 0 Å². The van der Waals surface area contributed by atoms with E-state index in [9.17, 15) is 13.2 Å². The van der Waals surface area contributed by atoms with E-state index in [0.717, 1.165) is 24.0 Å². The molecule has 0 aromatic heterocycles. The SMILES string of the molecule is Cc1ccc(C)c(S(=O)(=O)C2(C(=O)N3CCNC(C)C3)CCCC2)c1.Cl. The lowest BCUT2D eigenvalue weighted by Gasteiger charge is -2.38. The van der Waals surface area contributed by atoms with E-state index in [-0.39, 0.29) is 24.4 Å². The van der Waals surface area contributed by atoms with Gasteiger partial charge < -0.3 is 10.2 Å². The molecule has 146 valence electrons. The van der Waals surface area contributed by atoms with E-state index in [4.69, 9.17) is 0 Å². The normalized spacial score (nSPS) is 22.7. The Bertz CT molecular complexity index is 773. The lowest BCUT2D eigenvalue weighted by Crippen LogP contribution is -2.59. The summed E-state index contributed by atoms with van der Waals surface area (Å²) in [7, 11) is -3.73. The summed E-state index contributed by atoms with van der Waals surface area (Å²) in [5.41, 5.74) is 1.62. The molecule has 2 fully saturated rings. The number of amides is 1. The third-order valence-corrected chi connectivity index (χ3v) is 8.24. The van der Waals surface area contributed by atoms with Crippen LogP contribution in [0.5, 0.6) is 0 Å². The van der Waals surface area contributed by atoms with Crippen molar-refractivity contribution < 1.29 is 13.2 Å². The summed E-state index contributed by atoms with van der Waals surface area (Å²) in [5.74, 6) is -0.195. The summed E-state index contributed by atoms with van der Waals surface area (Å²) in [4.78, 5) is 15.5. The molecule has 1 atom stereocenters. The highest BCUT2D eigenvalue weighted by Crippen LogP contribution is 2.43. The van der Waals surface area contributed by atoms with Crippen LogP contribution in [0.15, 0.2) is 23.1 Å². The number of aryl methyl sites for hydroxylation is 2. The van der Waals surface area contributed by atoms with Gasteiger partial charge in [-0.05, 0) is 50.8 Å². The second kappa shape index (κ2) is 7.87. The van der Waals surface area contributed by atoms with Crippen molar-refractivity contribution in [3.8, 4) is 0 Å². The number of rotatable bonds is 3. The predicted octanol–water partition coefficient (Wildman–Crippen LogP) is 2.63. The number of sulfone groups is 1. The first-order chi connectivity index (χ1) is 11.8.